The molecule has 2 rings (SSSR count). The van der Waals surface area contributed by atoms with E-state index in [1.165, 1.54) is 66.0 Å². The van der Waals surface area contributed by atoms with Crippen LogP contribution in [0.3, 0.4) is 0 Å². The molecule has 1 amide bonds. The Bertz CT molecular complexity index is 998. The third kappa shape index (κ3) is 5.24. The molecule has 0 heterocycles. The van der Waals surface area contributed by atoms with E-state index in [9.17, 15) is 23.3 Å². The second kappa shape index (κ2) is 8.77. The van der Waals surface area contributed by atoms with Crippen molar-refractivity contribution in [3.05, 3.63) is 70.3 Å². The molecule has 148 valence electrons. The van der Waals surface area contributed by atoms with Crippen molar-refractivity contribution in [3.63, 3.8) is 0 Å². The summed E-state index contributed by atoms with van der Waals surface area (Å²) in [5, 5.41) is 13.4. The normalized spacial score (nSPS) is 11.9. The molecular formula is C19H21N3O5S. The van der Waals surface area contributed by atoms with E-state index >= 15 is 0 Å². The Kier molecular flexibility index (Phi) is 6.66. The summed E-state index contributed by atoms with van der Waals surface area (Å²) >= 11 is 0. The predicted octanol–water partition coefficient (Wildman–Crippen LogP) is 3.28. The SMILES string of the molecule is CC(C)N(C)S(=O)(=O)c1ccc(NC(=O)/C=C/c2cccc([N+](=O)[O-])c2)cc1. The Morgan fingerprint density at radius 3 is 2.39 bits per heavy atom. The molecule has 0 aliphatic rings. The summed E-state index contributed by atoms with van der Waals surface area (Å²) in [6, 6.07) is 11.6. The van der Waals surface area contributed by atoms with Crippen molar-refractivity contribution in [1.82, 2.24) is 4.31 Å². The summed E-state index contributed by atoms with van der Waals surface area (Å²) in [4.78, 5) is 22.4. The molecule has 0 spiro atoms. The maximum Gasteiger partial charge on any atom is 0.270 e. The van der Waals surface area contributed by atoms with Crippen molar-refractivity contribution in [3.8, 4) is 0 Å². The van der Waals surface area contributed by atoms with Gasteiger partial charge in [0.1, 0.15) is 0 Å². The van der Waals surface area contributed by atoms with E-state index in [2.05, 4.69) is 5.32 Å². The van der Waals surface area contributed by atoms with Crippen LogP contribution in [0.25, 0.3) is 6.08 Å². The van der Waals surface area contributed by atoms with Gasteiger partial charge in [0.2, 0.25) is 15.9 Å². The number of rotatable bonds is 7. The molecule has 28 heavy (non-hydrogen) atoms. The largest absolute Gasteiger partial charge is 0.323 e. The quantitative estimate of drug-likeness (QED) is 0.433. The van der Waals surface area contributed by atoms with Gasteiger partial charge in [-0.25, -0.2) is 8.42 Å². The zero-order valence-electron chi connectivity index (χ0n) is 15.7. The van der Waals surface area contributed by atoms with Crippen LogP contribution in [0.4, 0.5) is 11.4 Å². The average Bonchev–Trinajstić information content (AvgIpc) is 2.66. The van der Waals surface area contributed by atoms with E-state index in [-0.39, 0.29) is 16.6 Å². The number of nitro groups is 1. The van der Waals surface area contributed by atoms with Crippen LogP contribution in [0.5, 0.6) is 0 Å². The summed E-state index contributed by atoms with van der Waals surface area (Å²) in [5.41, 5.74) is 0.882. The third-order valence-electron chi connectivity index (χ3n) is 4.03. The van der Waals surface area contributed by atoms with Gasteiger partial charge in [0, 0.05) is 37.0 Å². The van der Waals surface area contributed by atoms with Crippen LogP contribution in [0, 0.1) is 10.1 Å². The number of anilines is 1. The highest BCUT2D eigenvalue weighted by Gasteiger charge is 2.22. The van der Waals surface area contributed by atoms with Crippen molar-refractivity contribution in [2.24, 2.45) is 0 Å². The van der Waals surface area contributed by atoms with E-state index in [1.54, 1.807) is 19.9 Å². The molecule has 1 N–H and O–H groups in total. The number of carbonyl (C=O) groups is 1. The Labute approximate surface area is 163 Å². The first kappa shape index (κ1) is 21.3. The van der Waals surface area contributed by atoms with E-state index in [0.29, 0.717) is 11.3 Å². The molecule has 0 bridgehead atoms. The maximum atomic E-state index is 12.4. The highest BCUT2D eigenvalue weighted by molar-refractivity contribution is 7.89. The molecular weight excluding hydrogens is 382 g/mol. The number of hydrogen-bond acceptors (Lipinski definition) is 5. The molecule has 0 aliphatic carbocycles. The highest BCUT2D eigenvalue weighted by atomic mass is 32.2. The lowest BCUT2D eigenvalue weighted by molar-refractivity contribution is -0.384. The first-order valence-electron chi connectivity index (χ1n) is 8.43. The predicted molar refractivity (Wildman–Crippen MR) is 107 cm³/mol. The third-order valence-corrected chi connectivity index (χ3v) is 6.08. The zero-order valence-corrected chi connectivity index (χ0v) is 16.5. The van der Waals surface area contributed by atoms with E-state index < -0.39 is 20.9 Å². The van der Waals surface area contributed by atoms with Crippen molar-refractivity contribution in [2.75, 3.05) is 12.4 Å². The van der Waals surface area contributed by atoms with Gasteiger partial charge in [0.15, 0.2) is 0 Å². The topological polar surface area (TPSA) is 110 Å². The van der Waals surface area contributed by atoms with E-state index in [4.69, 9.17) is 0 Å². The van der Waals surface area contributed by atoms with Gasteiger partial charge in [-0.1, -0.05) is 12.1 Å². The van der Waals surface area contributed by atoms with Crippen LogP contribution in [0.15, 0.2) is 59.5 Å². The summed E-state index contributed by atoms with van der Waals surface area (Å²) in [6.45, 7) is 3.56. The fourth-order valence-corrected chi connectivity index (χ4v) is 3.62. The summed E-state index contributed by atoms with van der Waals surface area (Å²) < 4.78 is 26.1. The molecule has 2 aromatic carbocycles. The number of nitrogens with one attached hydrogen (secondary N) is 1. The van der Waals surface area contributed by atoms with Gasteiger partial charge in [0.05, 0.1) is 9.82 Å². The minimum atomic E-state index is -3.59. The fourth-order valence-electron chi connectivity index (χ4n) is 2.25. The molecule has 8 nitrogen and oxygen atoms in total. The summed E-state index contributed by atoms with van der Waals surface area (Å²) in [7, 11) is -2.08. The Hall–Kier alpha value is -3.04. The van der Waals surface area contributed by atoms with Gasteiger partial charge >= 0.3 is 0 Å². The van der Waals surface area contributed by atoms with Crippen LogP contribution < -0.4 is 5.32 Å². The lowest BCUT2D eigenvalue weighted by Gasteiger charge is -2.21. The molecule has 0 radical (unpaired) electrons. The number of amides is 1. The molecule has 0 aromatic heterocycles. The molecule has 0 saturated carbocycles. The Balaban J connectivity index is 2.07. The molecule has 0 fully saturated rings. The van der Waals surface area contributed by atoms with Gasteiger partial charge < -0.3 is 5.32 Å². The van der Waals surface area contributed by atoms with Gasteiger partial charge in [-0.3, -0.25) is 14.9 Å². The number of nitro benzene ring substituents is 1. The van der Waals surface area contributed by atoms with E-state index in [1.807, 2.05) is 0 Å². The van der Waals surface area contributed by atoms with Crippen LogP contribution in [-0.4, -0.2) is 36.6 Å². The monoisotopic (exact) mass is 403 g/mol. The van der Waals surface area contributed by atoms with Crippen LogP contribution in [0.2, 0.25) is 0 Å². The summed E-state index contributed by atoms with van der Waals surface area (Å²) in [5.74, 6) is -0.443. The van der Waals surface area contributed by atoms with Crippen molar-refractivity contribution < 1.29 is 18.1 Å². The van der Waals surface area contributed by atoms with Crippen molar-refractivity contribution in [2.45, 2.75) is 24.8 Å². The number of benzene rings is 2. The number of non-ortho nitro benzene ring substituents is 1. The minimum absolute atomic E-state index is 0.0641. The fraction of sp³-hybridized carbons (Fsp3) is 0.211. The lowest BCUT2D eigenvalue weighted by atomic mass is 10.2. The molecule has 0 atom stereocenters. The number of nitrogens with zero attached hydrogens (tertiary/aromatic N) is 2. The molecule has 2 aromatic rings. The smallest absolute Gasteiger partial charge is 0.270 e. The molecule has 9 heteroatoms. The Morgan fingerprint density at radius 1 is 1.18 bits per heavy atom. The van der Waals surface area contributed by atoms with Crippen LogP contribution in [-0.2, 0) is 14.8 Å². The highest BCUT2D eigenvalue weighted by Crippen LogP contribution is 2.19. The van der Waals surface area contributed by atoms with Gasteiger partial charge in [-0.2, -0.15) is 4.31 Å². The minimum Gasteiger partial charge on any atom is -0.323 e. The summed E-state index contributed by atoms with van der Waals surface area (Å²) in [6.07, 6.45) is 2.70. The maximum absolute atomic E-state index is 12.4. The van der Waals surface area contributed by atoms with E-state index in [0.717, 1.165) is 0 Å². The second-order valence-corrected chi connectivity index (χ2v) is 8.31. The standard InChI is InChI=1S/C19H21N3O5S/c1-14(2)21(3)28(26,27)18-10-8-16(9-11-18)20-19(23)12-7-15-5-4-6-17(13-15)22(24)25/h4-14H,1-3H3,(H,20,23)/b12-7+. The Morgan fingerprint density at radius 2 is 1.82 bits per heavy atom. The first-order chi connectivity index (χ1) is 13.1. The number of sulfonamides is 1. The molecule has 0 unspecified atom stereocenters. The van der Waals surface area contributed by atoms with Crippen molar-refractivity contribution in [1.29, 1.82) is 0 Å². The van der Waals surface area contributed by atoms with Crippen molar-refractivity contribution >= 4 is 33.4 Å². The average molecular weight is 403 g/mol. The molecule has 0 aliphatic heterocycles. The first-order valence-corrected chi connectivity index (χ1v) is 9.87. The van der Waals surface area contributed by atoms with Gasteiger partial charge in [0.25, 0.3) is 5.69 Å². The van der Waals surface area contributed by atoms with Gasteiger partial charge in [-0.05, 0) is 49.8 Å². The molecule has 0 saturated heterocycles. The second-order valence-electron chi connectivity index (χ2n) is 6.31. The lowest BCUT2D eigenvalue weighted by Crippen LogP contribution is -2.33. The zero-order chi connectivity index (χ0) is 20.9. The van der Waals surface area contributed by atoms with Gasteiger partial charge in [-0.15, -0.1) is 0 Å². The number of carbonyl (C=O) groups excluding carboxylic acids is 1. The number of hydrogen-bond donors (Lipinski definition) is 1. The van der Waals surface area contributed by atoms with Crippen LogP contribution >= 0.6 is 0 Å². The van der Waals surface area contributed by atoms with Crippen LogP contribution in [0.1, 0.15) is 19.4 Å².